The molecule has 0 radical (unpaired) electrons. The minimum Gasteiger partial charge on any atom is -0.413 e. The van der Waals surface area contributed by atoms with Gasteiger partial charge in [0.2, 0.25) is 0 Å². The molecule has 0 atom stereocenters. The Labute approximate surface area is 155 Å². The maximum Gasteiger partial charge on any atom is 0.269 e. The number of methoxy groups -OCH3 is 2. The van der Waals surface area contributed by atoms with Crippen molar-refractivity contribution >= 4 is 21.9 Å². The maximum absolute atomic E-state index is 6.05. The van der Waals surface area contributed by atoms with E-state index in [1.54, 1.807) is 14.2 Å². The summed E-state index contributed by atoms with van der Waals surface area (Å²) in [6.45, 7) is 4.87. The Bertz CT molecular complexity index is 1020. The van der Waals surface area contributed by atoms with E-state index in [-0.39, 0.29) is 0 Å². The van der Waals surface area contributed by atoms with Crippen LogP contribution in [0.25, 0.3) is 21.9 Å². The van der Waals surface area contributed by atoms with E-state index in [0.717, 1.165) is 33.0 Å². The van der Waals surface area contributed by atoms with Crippen LogP contribution < -0.4 is 4.74 Å². The maximum atomic E-state index is 6.05. The lowest BCUT2D eigenvalue weighted by Crippen LogP contribution is -1.96. The minimum absolute atomic E-state index is 0.334. The van der Waals surface area contributed by atoms with Crippen LogP contribution in [0.1, 0.15) is 22.3 Å². The third-order valence-electron chi connectivity index (χ3n) is 4.67. The Morgan fingerprint density at radius 3 is 1.59 bits per heavy atom. The number of aromatic nitrogens is 2. The first kappa shape index (κ1) is 17.5. The molecule has 0 aliphatic carbocycles. The Kier molecular flexibility index (Phi) is 4.55. The fourth-order valence-corrected chi connectivity index (χ4v) is 3.25. The van der Waals surface area contributed by atoms with Gasteiger partial charge in [0.25, 0.3) is 11.8 Å². The number of benzene rings is 2. The average molecular weight is 368 g/mol. The van der Waals surface area contributed by atoms with Crippen LogP contribution in [-0.4, -0.2) is 24.5 Å². The van der Waals surface area contributed by atoms with Crippen molar-refractivity contribution in [1.82, 2.24) is 10.3 Å². The van der Waals surface area contributed by atoms with Gasteiger partial charge in [-0.15, -0.1) is 0 Å². The molecule has 0 aliphatic rings. The summed E-state index contributed by atoms with van der Waals surface area (Å²) < 4.78 is 27.6. The smallest absolute Gasteiger partial charge is 0.269 e. The van der Waals surface area contributed by atoms with Crippen molar-refractivity contribution in [3.8, 4) is 11.8 Å². The normalized spacial score (nSPS) is 11.6. The van der Waals surface area contributed by atoms with Gasteiger partial charge in [-0.1, -0.05) is 12.1 Å². The Balaban J connectivity index is 1.86. The van der Waals surface area contributed by atoms with Gasteiger partial charge in [0, 0.05) is 14.2 Å². The van der Waals surface area contributed by atoms with E-state index in [2.05, 4.69) is 10.3 Å². The van der Waals surface area contributed by atoms with E-state index < -0.39 is 0 Å². The highest BCUT2D eigenvalue weighted by Gasteiger charge is 2.21. The van der Waals surface area contributed by atoms with Crippen molar-refractivity contribution in [2.24, 2.45) is 0 Å². The van der Waals surface area contributed by atoms with Crippen LogP contribution in [0.3, 0.4) is 0 Å². The first-order chi connectivity index (χ1) is 13.1. The van der Waals surface area contributed by atoms with E-state index in [1.807, 2.05) is 38.1 Å². The molecule has 7 heteroatoms. The van der Waals surface area contributed by atoms with Gasteiger partial charge in [-0.2, -0.15) is 0 Å². The van der Waals surface area contributed by atoms with Gasteiger partial charge in [0.05, 0.1) is 24.0 Å². The van der Waals surface area contributed by atoms with E-state index in [0.29, 0.717) is 36.1 Å². The van der Waals surface area contributed by atoms with E-state index in [4.69, 9.17) is 23.3 Å². The second-order valence-electron chi connectivity index (χ2n) is 6.41. The predicted molar refractivity (Wildman–Crippen MR) is 99.0 cm³/mol. The highest BCUT2D eigenvalue weighted by Crippen LogP contribution is 2.37. The van der Waals surface area contributed by atoms with Crippen LogP contribution in [-0.2, 0) is 22.7 Å². The molecule has 4 aromatic rings. The number of hydrogen-bond acceptors (Lipinski definition) is 7. The molecule has 0 amide bonds. The summed E-state index contributed by atoms with van der Waals surface area (Å²) in [5, 5.41) is 9.73. The van der Waals surface area contributed by atoms with Crippen molar-refractivity contribution in [2.45, 2.75) is 27.1 Å². The number of rotatable bonds is 6. The summed E-state index contributed by atoms with van der Waals surface area (Å²) >= 11 is 0. The highest BCUT2D eigenvalue weighted by atomic mass is 16.6. The average Bonchev–Trinajstić information content (AvgIpc) is 3.25. The van der Waals surface area contributed by atoms with E-state index >= 15 is 0 Å². The zero-order chi connectivity index (χ0) is 19.0. The molecular weight excluding hydrogens is 348 g/mol. The topological polar surface area (TPSA) is 79.8 Å². The Hall–Kier alpha value is -2.90. The quantitative estimate of drug-likeness (QED) is 0.489. The summed E-state index contributed by atoms with van der Waals surface area (Å²) in [7, 11) is 3.30. The van der Waals surface area contributed by atoms with Gasteiger partial charge < -0.3 is 23.3 Å². The van der Waals surface area contributed by atoms with Crippen molar-refractivity contribution in [3.05, 3.63) is 46.5 Å². The molecule has 2 aromatic heterocycles. The van der Waals surface area contributed by atoms with Gasteiger partial charge in [-0.25, -0.2) is 0 Å². The molecule has 0 saturated carbocycles. The fourth-order valence-electron chi connectivity index (χ4n) is 3.25. The number of ether oxygens (including phenoxy) is 3. The highest BCUT2D eigenvalue weighted by molar-refractivity contribution is 5.89. The van der Waals surface area contributed by atoms with Gasteiger partial charge in [0.15, 0.2) is 11.2 Å². The summed E-state index contributed by atoms with van der Waals surface area (Å²) in [6.07, 6.45) is 0. The van der Waals surface area contributed by atoms with Crippen molar-refractivity contribution in [3.63, 3.8) is 0 Å². The van der Waals surface area contributed by atoms with Gasteiger partial charge >= 0.3 is 0 Å². The molecule has 2 heterocycles. The molecule has 2 aromatic carbocycles. The number of nitrogens with zero attached hydrogens (tertiary/aromatic N) is 2. The van der Waals surface area contributed by atoms with Crippen molar-refractivity contribution < 1.29 is 23.3 Å². The summed E-state index contributed by atoms with van der Waals surface area (Å²) in [6, 6.07) is 7.67. The number of fused-ring (bicyclic) bond motifs is 2. The Morgan fingerprint density at radius 1 is 0.741 bits per heavy atom. The van der Waals surface area contributed by atoms with Crippen LogP contribution in [0.5, 0.6) is 11.8 Å². The molecule has 0 spiro atoms. The molecule has 0 fully saturated rings. The Morgan fingerprint density at radius 2 is 1.19 bits per heavy atom. The monoisotopic (exact) mass is 368 g/mol. The zero-order valence-electron chi connectivity index (χ0n) is 15.7. The lowest BCUT2D eigenvalue weighted by atomic mass is 10.0. The third-order valence-corrected chi connectivity index (χ3v) is 4.67. The summed E-state index contributed by atoms with van der Waals surface area (Å²) in [5.74, 6) is 0.668. The first-order valence-electron chi connectivity index (χ1n) is 8.55. The van der Waals surface area contributed by atoms with Crippen molar-refractivity contribution in [2.75, 3.05) is 14.2 Å². The molecule has 140 valence electrons. The van der Waals surface area contributed by atoms with Crippen LogP contribution in [0.15, 0.2) is 33.3 Å². The second kappa shape index (κ2) is 7.02. The fraction of sp³-hybridized carbons (Fsp3) is 0.300. The molecule has 4 rings (SSSR count). The third kappa shape index (κ3) is 2.94. The summed E-state index contributed by atoms with van der Waals surface area (Å²) in [5.41, 5.74) is 5.32. The SMILES string of the molecule is COCc1c(C)ccc2onc(Oc3noc4ccc(C)c(COC)c34)c12. The second-order valence-corrected chi connectivity index (χ2v) is 6.41. The standard InChI is InChI=1S/C20H20N2O5/c1-11-5-7-15-17(13(11)9-23-3)19(21-26-15)25-20-18-14(10-24-4)12(2)6-8-16(18)27-22-20/h5-8H,9-10H2,1-4H3. The predicted octanol–water partition coefficient (Wildman–Crippen LogP) is 4.67. The first-order valence-corrected chi connectivity index (χ1v) is 8.55. The van der Waals surface area contributed by atoms with Crippen LogP contribution in [0, 0.1) is 13.8 Å². The minimum atomic E-state index is 0.334. The van der Waals surface area contributed by atoms with E-state index in [1.165, 1.54) is 0 Å². The van der Waals surface area contributed by atoms with Gasteiger partial charge in [0.1, 0.15) is 0 Å². The molecule has 0 aliphatic heterocycles. The van der Waals surface area contributed by atoms with Crippen LogP contribution >= 0.6 is 0 Å². The van der Waals surface area contributed by atoms with Crippen molar-refractivity contribution in [1.29, 1.82) is 0 Å². The van der Waals surface area contributed by atoms with E-state index in [9.17, 15) is 0 Å². The molecule has 0 unspecified atom stereocenters. The molecule has 0 N–H and O–H groups in total. The molecule has 0 saturated heterocycles. The molecule has 0 bridgehead atoms. The summed E-state index contributed by atoms with van der Waals surface area (Å²) in [4.78, 5) is 0. The lowest BCUT2D eigenvalue weighted by Gasteiger charge is -2.08. The number of aryl methyl sites for hydroxylation is 2. The van der Waals surface area contributed by atoms with Gasteiger partial charge in [-0.3, -0.25) is 0 Å². The zero-order valence-corrected chi connectivity index (χ0v) is 15.7. The van der Waals surface area contributed by atoms with Crippen LogP contribution in [0.4, 0.5) is 0 Å². The van der Waals surface area contributed by atoms with Gasteiger partial charge in [-0.05, 0) is 58.5 Å². The lowest BCUT2D eigenvalue weighted by molar-refractivity contribution is 0.185. The molecular formula is C20H20N2O5. The molecule has 7 nitrogen and oxygen atoms in total. The largest absolute Gasteiger partial charge is 0.413 e. The number of hydrogen-bond donors (Lipinski definition) is 0. The van der Waals surface area contributed by atoms with Crippen LogP contribution in [0.2, 0.25) is 0 Å². The molecule has 27 heavy (non-hydrogen) atoms.